The standard InChI is InChI=1S/C12H27N3OS2.O.Tc/c1-3-14(4-2)6-7-15(8-10-18)11-12(16)13-5-9-17;;/h17-18H,3-11H2,1-2H3,(H,13,16);;/q;-2;+5/p-3. The van der Waals surface area contributed by atoms with Crippen LogP contribution in [0.4, 0.5) is 0 Å². The predicted octanol–water partition coefficient (Wildman–Crippen LogP) is -0.638. The monoisotopic (exact) mass is 403 g/mol. The maximum Gasteiger partial charge on any atom is 5.00 e. The Morgan fingerprint density at radius 1 is 1.00 bits per heavy atom. The van der Waals surface area contributed by atoms with E-state index in [4.69, 9.17) is 25.3 Å². The zero-order chi connectivity index (χ0) is 13.8. The van der Waals surface area contributed by atoms with Gasteiger partial charge in [0.1, 0.15) is 0 Å². The first kappa shape index (κ1) is 25.6. The summed E-state index contributed by atoms with van der Waals surface area (Å²) in [6.45, 7) is 9.78. The maximum atomic E-state index is 11.6. The molecule has 0 spiro atoms. The van der Waals surface area contributed by atoms with Gasteiger partial charge in [-0.05, 0) is 25.5 Å². The molecule has 0 heterocycles. The van der Waals surface area contributed by atoms with Crippen molar-refractivity contribution in [3.63, 3.8) is 0 Å². The Bertz CT molecular complexity index is 233. The average Bonchev–Trinajstić information content (AvgIpc) is 2.37. The topological polar surface area (TPSA) is 70.4 Å². The summed E-state index contributed by atoms with van der Waals surface area (Å²) >= 11 is 9.76. The quantitative estimate of drug-likeness (QED) is 0.260. The fourth-order valence-electron chi connectivity index (χ4n) is 1.63. The smallest absolute Gasteiger partial charge is 2.00 e. The van der Waals surface area contributed by atoms with Crippen LogP contribution in [-0.4, -0.2) is 73.0 Å². The van der Waals surface area contributed by atoms with Crippen molar-refractivity contribution in [1.82, 2.24) is 9.80 Å². The molecule has 0 aromatic carbocycles. The third-order valence-corrected chi connectivity index (χ3v) is 3.14. The van der Waals surface area contributed by atoms with Gasteiger partial charge in [0, 0.05) is 26.2 Å². The molecule has 0 saturated heterocycles. The van der Waals surface area contributed by atoms with Crippen LogP contribution >= 0.6 is 0 Å². The molecule has 0 aromatic heterocycles. The molecule has 0 rings (SSSR count). The molecule has 5 nitrogen and oxygen atoms in total. The summed E-state index contributed by atoms with van der Waals surface area (Å²) in [7, 11) is 0. The second kappa shape index (κ2) is 17.8. The van der Waals surface area contributed by atoms with Gasteiger partial charge in [0.25, 0.3) is 0 Å². The van der Waals surface area contributed by atoms with Crippen LogP contribution < -0.4 is 5.11 Å². The van der Waals surface area contributed by atoms with E-state index in [0.29, 0.717) is 24.6 Å². The van der Waals surface area contributed by atoms with Gasteiger partial charge in [-0.1, -0.05) is 13.8 Å². The van der Waals surface area contributed by atoms with Gasteiger partial charge >= 0.3 is 20.1 Å². The first-order valence-electron chi connectivity index (χ1n) is 6.49. The average molecular weight is 404 g/mol. The molecule has 0 amide bonds. The van der Waals surface area contributed by atoms with Crippen molar-refractivity contribution in [2.75, 3.05) is 57.3 Å². The molecule has 0 aliphatic rings. The summed E-state index contributed by atoms with van der Waals surface area (Å²) in [5.41, 5.74) is 0. The minimum Gasteiger partial charge on any atom is -2.00 e. The summed E-state index contributed by atoms with van der Waals surface area (Å²) in [4.78, 5) is 8.32. The number of likely N-dealkylation sites (N-methyl/N-ethyl adjacent to an activating group) is 1. The van der Waals surface area contributed by atoms with Crippen molar-refractivity contribution in [2.45, 2.75) is 13.8 Å². The van der Waals surface area contributed by atoms with Crippen LogP contribution in [0.1, 0.15) is 13.8 Å². The van der Waals surface area contributed by atoms with Crippen LogP contribution in [-0.2, 0) is 50.8 Å². The van der Waals surface area contributed by atoms with E-state index in [1.807, 2.05) is 0 Å². The molecule has 8 heteroatoms. The van der Waals surface area contributed by atoms with Crippen molar-refractivity contribution in [2.24, 2.45) is 4.99 Å². The van der Waals surface area contributed by atoms with Crippen LogP contribution in [0, 0.1) is 0 Å². The zero-order valence-electron chi connectivity index (χ0n) is 12.2. The third kappa shape index (κ3) is 13.7. The van der Waals surface area contributed by atoms with E-state index >= 15 is 0 Å². The predicted molar refractivity (Wildman–Crippen MR) is 81.7 cm³/mol. The normalized spacial score (nSPS) is 11.4. The van der Waals surface area contributed by atoms with Crippen LogP contribution in [0.25, 0.3) is 0 Å². The molecule has 0 radical (unpaired) electrons. The second-order valence-corrected chi connectivity index (χ2v) is 4.80. The van der Waals surface area contributed by atoms with Gasteiger partial charge in [0.15, 0.2) is 0 Å². The van der Waals surface area contributed by atoms with Crippen LogP contribution in [0.15, 0.2) is 4.99 Å². The van der Waals surface area contributed by atoms with Crippen molar-refractivity contribution in [1.29, 1.82) is 0 Å². The number of hydrogen-bond donors (Lipinski definition) is 0. The molecule has 0 aliphatic heterocycles. The first-order valence-corrected chi connectivity index (χ1v) is 7.64. The van der Waals surface area contributed by atoms with Gasteiger partial charge in [-0.25, -0.2) is 0 Å². The fraction of sp³-hybridized carbons (Fsp3) is 0.917. The van der Waals surface area contributed by atoms with Crippen LogP contribution in [0.3, 0.4) is 0 Å². The summed E-state index contributed by atoms with van der Waals surface area (Å²) in [6.07, 6.45) is 0. The molecule has 0 unspecified atom stereocenters. The largest absolute Gasteiger partial charge is 5.00 e. The first-order chi connectivity index (χ1) is 8.67. The molecule has 0 aromatic rings. The second-order valence-electron chi connectivity index (χ2n) is 3.99. The fourth-order valence-corrected chi connectivity index (χ4v) is 1.98. The van der Waals surface area contributed by atoms with Crippen molar-refractivity contribution >= 4 is 31.2 Å². The summed E-state index contributed by atoms with van der Waals surface area (Å²) in [5, 5.41) is 11.6. The molecule has 0 fully saturated rings. The Kier molecular flexibility index (Phi) is 22.8. The molecule has 0 bridgehead atoms. The Morgan fingerprint density at radius 3 is 2.00 bits per heavy atom. The summed E-state index contributed by atoms with van der Waals surface area (Å²) in [6, 6.07) is 0. The molecule has 118 valence electrons. The number of rotatable bonds is 11. The van der Waals surface area contributed by atoms with E-state index < -0.39 is 0 Å². The molecule has 0 N–H and O–H groups in total. The SMILES string of the molecule is CCN(CC)CCN(CC[S-])CC([O-])=NCC[S-].[O-2].[Tc+5]. The Hall–Kier alpha value is 0.699. The van der Waals surface area contributed by atoms with Gasteiger partial charge in [-0.2, -0.15) is 11.5 Å². The van der Waals surface area contributed by atoms with Gasteiger partial charge in [0.2, 0.25) is 0 Å². The van der Waals surface area contributed by atoms with Gasteiger partial charge < -0.3 is 45.7 Å². The minimum atomic E-state index is -0.0807. The zero-order valence-corrected chi connectivity index (χ0v) is 15.7. The molecular formula is C12H24N3O2S2Tc. The van der Waals surface area contributed by atoms with Crippen LogP contribution in [0.2, 0.25) is 0 Å². The minimum absolute atomic E-state index is 0. The maximum absolute atomic E-state index is 11.6. The van der Waals surface area contributed by atoms with Crippen molar-refractivity contribution < 1.29 is 30.7 Å². The summed E-state index contributed by atoms with van der Waals surface area (Å²) in [5.74, 6) is 1.07. The molecule has 0 aliphatic carbocycles. The van der Waals surface area contributed by atoms with Gasteiger partial charge in [0.05, 0.1) is 0 Å². The van der Waals surface area contributed by atoms with Crippen LogP contribution in [0.5, 0.6) is 0 Å². The van der Waals surface area contributed by atoms with E-state index in [9.17, 15) is 5.11 Å². The van der Waals surface area contributed by atoms with E-state index in [1.54, 1.807) is 0 Å². The molecule has 0 saturated carbocycles. The van der Waals surface area contributed by atoms with Gasteiger partial charge in [-0.15, -0.1) is 0 Å². The van der Waals surface area contributed by atoms with E-state index in [2.05, 4.69) is 28.6 Å². The van der Waals surface area contributed by atoms with Gasteiger partial charge in [-0.3, -0.25) is 4.90 Å². The molecular weight excluding hydrogens is 380 g/mol. The van der Waals surface area contributed by atoms with E-state index in [1.165, 1.54) is 0 Å². The van der Waals surface area contributed by atoms with E-state index in [-0.39, 0.29) is 31.5 Å². The number of aliphatic imine (C=N–C) groups is 1. The number of nitrogens with zero attached hydrogens (tertiary/aromatic N) is 3. The summed E-state index contributed by atoms with van der Waals surface area (Å²) < 4.78 is 0. The Balaban J connectivity index is -0.00000144. The molecule has 0 atom stereocenters. The van der Waals surface area contributed by atoms with Crippen molar-refractivity contribution in [3.05, 3.63) is 0 Å². The number of hydrogen-bond acceptors (Lipinski definition) is 6. The third-order valence-electron chi connectivity index (χ3n) is 2.77. The van der Waals surface area contributed by atoms with E-state index in [0.717, 1.165) is 32.7 Å². The van der Waals surface area contributed by atoms with Crippen molar-refractivity contribution in [3.8, 4) is 0 Å². The Labute approximate surface area is 147 Å². The molecule has 20 heavy (non-hydrogen) atoms. The Morgan fingerprint density at radius 2 is 1.55 bits per heavy atom.